The number of aromatic nitrogens is 3. The fourth-order valence-electron chi connectivity index (χ4n) is 4.97. The average molecular weight is 496 g/mol. The zero-order valence-corrected chi connectivity index (χ0v) is 21.3. The molecular formula is C30H33N5O2. The van der Waals surface area contributed by atoms with Gasteiger partial charge in [0.15, 0.2) is 11.5 Å². The lowest BCUT2D eigenvalue weighted by atomic mass is 9.97. The van der Waals surface area contributed by atoms with Crippen LogP contribution in [0.5, 0.6) is 0 Å². The monoisotopic (exact) mass is 495 g/mol. The number of amides is 1. The number of anilines is 1. The number of pyridine rings is 1. The van der Waals surface area contributed by atoms with Crippen LogP contribution in [0.1, 0.15) is 36.0 Å². The first kappa shape index (κ1) is 24.7. The normalized spacial score (nSPS) is 15.6. The largest absolute Gasteiger partial charge is 0.356 e. The quantitative estimate of drug-likeness (QED) is 0.372. The summed E-state index contributed by atoms with van der Waals surface area (Å²) in [5.41, 5.74) is 4.56. The van der Waals surface area contributed by atoms with Gasteiger partial charge in [-0.1, -0.05) is 60.2 Å². The van der Waals surface area contributed by atoms with Gasteiger partial charge in [0.1, 0.15) is 5.52 Å². The Balaban J connectivity index is 1.31. The van der Waals surface area contributed by atoms with Crippen LogP contribution in [0.4, 0.5) is 5.82 Å². The number of fused-ring (bicyclic) bond motifs is 1. The maximum Gasteiger partial charge on any atom is 0.295 e. The van der Waals surface area contributed by atoms with E-state index in [9.17, 15) is 9.59 Å². The van der Waals surface area contributed by atoms with Gasteiger partial charge in [0.25, 0.3) is 5.56 Å². The van der Waals surface area contributed by atoms with Crippen LogP contribution in [-0.4, -0.2) is 40.1 Å². The molecule has 1 amide bonds. The van der Waals surface area contributed by atoms with E-state index in [0.717, 1.165) is 31.2 Å². The fourth-order valence-corrected chi connectivity index (χ4v) is 4.97. The number of piperidine rings is 1. The number of hydrogen-bond donors (Lipinski definition) is 1. The molecule has 2 aromatic carbocycles. The molecule has 5 rings (SSSR count). The highest BCUT2D eigenvalue weighted by molar-refractivity contribution is 5.79. The predicted molar refractivity (Wildman–Crippen MR) is 147 cm³/mol. The van der Waals surface area contributed by atoms with Crippen molar-refractivity contribution in [1.29, 1.82) is 0 Å². The van der Waals surface area contributed by atoms with Crippen molar-refractivity contribution in [3.63, 3.8) is 0 Å². The van der Waals surface area contributed by atoms with Crippen LogP contribution < -0.4 is 15.8 Å². The van der Waals surface area contributed by atoms with Crippen molar-refractivity contribution < 1.29 is 4.79 Å². The summed E-state index contributed by atoms with van der Waals surface area (Å²) in [5, 5.41) is 3.11. The number of benzene rings is 2. The number of aryl methyl sites for hydroxylation is 2. The van der Waals surface area contributed by atoms with Gasteiger partial charge in [0, 0.05) is 25.8 Å². The van der Waals surface area contributed by atoms with E-state index in [0.29, 0.717) is 43.2 Å². The third-order valence-corrected chi connectivity index (χ3v) is 7.02. The van der Waals surface area contributed by atoms with E-state index in [1.165, 1.54) is 11.1 Å². The minimum atomic E-state index is -0.171. The lowest BCUT2D eigenvalue weighted by Gasteiger charge is -2.32. The summed E-state index contributed by atoms with van der Waals surface area (Å²) in [5.74, 6) is 0.288. The maximum atomic E-state index is 13.7. The molecule has 1 fully saturated rings. The summed E-state index contributed by atoms with van der Waals surface area (Å²) >= 11 is 0. The van der Waals surface area contributed by atoms with Crippen molar-refractivity contribution in [3.8, 4) is 0 Å². The molecular weight excluding hydrogens is 462 g/mol. The lowest BCUT2D eigenvalue weighted by molar-refractivity contribution is -0.125. The Labute approximate surface area is 217 Å². The van der Waals surface area contributed by atoms with E-state index in [4.69, 9.17) is 4.98 Å². The van der Waals surface area contributed by atoms with Gasteiger partial charge < -0.3 is 10.2 Å². The lowest BCUT2D eigenvalue weighted by Crippen LogP contribution is -2.46. The Hall–Kier alpha value is -4.00. The first-order valence-electron chi connectivity index (χ1n) is 13.1. The fraction of sp³-hybridized carbons (Fsp3) is 0.333. The second-order valence-electron chi connectivity index (χ2n) is 9.82. The summed E-state index contributed by atoms with van der Waals surface area (Å²) in [7, 11) is 0. The number of nitrogens with zero attached hydrogens (tertiary/aromatic N) is 4. The number of rotatable bonds is 8. The van der Waals surface area contributed by atoms with E-state index in [1.54, 1.807) is 10.8 Å². The second kappa shape index (κ2) is 11.4. The number of nitrogens with one attached hydrogen (secondary N) is 1. The molecule has 0 saturated carbocycles. The second-order valence-corrected chi connectivity index (χ2v) is 9.82. The van der Waals surface area contributed by atoms with Crippen LogP contribution in [0, 0.1) is 12.8 Å². The van der Waals surface area contributed by atoms with Crippen LogP contribution in [0.2, 0.25) is 0 Å². The van der Waals surface area contributed by atoms with Crippen molar-refractivity contribution in [2.24, 2.45) is 5.92 Å². The smallest absolute Gasteiger partial charge is 0.295 e. The van der Waals surface area contributed by atoms with Gasteiger partial charge in [-0.3, -0.25) is 14.2 Å². The molecule has 0 spiro atoms. The van der Waals surface area contributed by atoms with E-state index in [1.807, 2.05) is 66.4 Å². The Morgan fingerprint density at radius 1 is 1.03 bits per heavy atom. The van der Waals surface area contributed by atoms with E-state index in [2.05, 4.69) is 22.4 Å². The molecule has 7 nitrogen and oxygen atoms in total. The summed E-state index contributed by atoms with van der Waals surface area (Å²) in [6, 6.07) is 22.2. The van der Waals surface area contributed by atoms with E-state index in [-0.39, 0.29) is 17.4 Å². The zero-order valence-electron chi connectivity index (χ0n) is 21.3. The highest BCUT2D eigenvalue weighted by Crippen LogP contribution is 2.22. The minimum Gasteiger partial charge on any atom is -0.356 e. The summed E-state index contributed by atoms with van der Waals surface area (Å²) in [6.07, 6.45) is 5.18. The van der Waals surface area contributed by atoms with Gasteiger partial charge in [-0.05, 0) is 55.9 Å². The van der Waals surface area contributed by atoms with Gasteiger partial charge in [-0.15, -0.1) is 0 Å². The van der Waals surface area contributed by atoms with Gasteiger partial charge in [0.2, 0.25) is 5.91 Å². The molecule has 1 atom stereocenters. The molecule has 190 valence electrons. The molecule has 1 saturated heterocycles. The van der Waals surface area contributed by atoms with Crippen LogP contribution in [-0.2, 0) is 17.8 Å². The Morgan fingerprint density at radius 2 is 1.84 bits per heavy atom. The molecule has 1 aliphatic heterocycles. The first-order chi connectivity index (χ1) is 18.1. The third kappa shape index (κ3) is 5.88. The molecule has 1 aliphatic rings. The summed E-state index contributed by atoms with van der Waals surface area (Å²) in [6.45, 7) is 4.30. The summed E-state index contributed by atoms with van der Waals surface area (Å²) in [4.78, 5) is 37.8. The predicted octanol–water partition coefficient (Wildman–Crippen LogP) is 4.11. The molecule has 0 aliphatic carbocycles. The van der Waals surface area contributed by atoms with Crippen LogP contribution >= 0.6 is 0 Å². The SMILES string of the molecule is Cc1ccc(Cn2c(=O)c(N3CCCC(C(=O)NCCCc4ccccc4)C3)nc3cccnc32)cc1. The van der Waals surface area contributed by atoms with Crippen molar-refractivity contribution in [2.75, 3.05) is 24.5 Å². The molecule has 0 radical (unpaired) electrons. The van der Waals surface area contributed by atoms with E-state index < -0.39 is 0 Å². The van der Waals surface area contributed by atoms with Gasteiger partial charge in [-0.25, -0.2) is 9.97 Å². The topological polar surface area (TPSA) is 80.1 Å². The number of hydrogen-bond acceptors (Lipinski definition) is 5. The Morgan fingerprint density at radius 3 is 2.65 bits per heavy atom. The van der Waals surface area contributed by atoms with Crippen LogP contribution in [0.25, 0.3) is 11.2 Å². The molecule has 1 N–H and O–H groups in total. The van der Waals surface area contributed by atoms with E-state index >= 15 is 0 Å². The summed E-state index contributed by atoms with van der Waals surface area (Å²) < 4.78 is 1.70. The molecule has 3 heterocycles. The van der Waals surface area contributed by atoms with Crippen LogP contribution in [0.3, 0.4) is 0 Å². The molecule has 0 bridgehead atoms. The molecule has 7 heteroatoms. The third-order valence-electron chi connectivity index (χ3n) is 7.02. The van der Waals surface area contributed by atoms with Crippen molar-refractivity contribution in [3.05, 3.63) is 100.0 Å². The molecule has 1 unspecified atom stereocenters. The zero-order chi connectivity index (χ0) is 25.6. The van der Waals surface area contributed by atoms with Crippen molar-refractivity contribution in [1.82, 2.24) is 19.9 Å². The Kier molecular flexibility index (Phi) is 7.59. The highest BCUT2D eigenvalue weighted by Gasteiger charge is 2.28. The molecule has 37 heavy (non-hydrogen) atoms. The van der Waals surface area contributed by atoms with Gasteiger partial charge >= 0.3 is 0 Å². The number of carbonyl (C=O) groups excluding carboxylic acids is 1. The maximum absolute atomic E-state index is 13.7. The van der Waals surface area contributed by atoms with Crippen LogP contribution in [0.15, 0.2) is 77.7 Å². The van der Waals surface area contributed by atoms with Crippen molar-refractivity contribution in [2.45, 2.75) is 39.2 Å². The molecule has 2 aromatic heterocycles. The van der Waals surface area contributed by atoms with Gasteiger partial charge in [0.05, 0.1) is 12.5 Å². The van der Waals surface area contributed by atoms with Gasteiger partial charge in [-0.2, -0.15) is 0 Å². The minimum absolute atomic E-state index is 0.0557. The average Bonchev–Trinajstić information content (AvgIpc) is 2.94. The number of carbonyl (C=O) groups is 1. The Bertz CT molecular complexity index is 1420. The first-order valence-corrected chi connectivity index (χ1v) is 13.1. The van der Waals surface area contributed by atoms with Crippen molar-refractivity contribution >= 4 is 22.9 Å². The molecule has 4 aromatic rings. The highest BCUT2D eigenvalue weighted by atomic mass is 16.2. The standard InChI is InChI=1S/C30H33N5O2/c1-22-13-15-24(16-14-22)20-35-27-26(12-6-17-31-27)33-28(30(35)37)34-19-7-11-25(21-34)29(36)32-18-5-10-23-8-3-2-4-9-23/h2-4,6,8-9,12-17,25H,5,7,10-11,18-21H2,1H3,(H,32,36).